The predicted molar refractivity (Wildman–Crippen MR) is 39.8 cm³/mol. The highest BCUT2D eigenvalue weighted by atomic mass is 35.5. The molecule has 1 nitrogen and oxygen atoms in total. The standard InChI is InChI=1S/C5H10ClNS/c1-8-5-3-7-2-4(5)6/h4-5,7H,2-3H2,1H3/t4-,5+/m0/s1. The first-order valence-electron chi connectivity index (χ1n) is 2.72. The minimum absolute atomic E-state index is 0.352. The predicted octanol–water partition coefficient (Wildman–Crippen LogP) is 0.929. The average molecular weight is 152 g/mol. The van der Waals surface area contributed by atoms with Crippen LogP contribution in [0.15, 0.2) is 0 Å². The molecule has 1 aliphatic heterocycles. The van der Waals surface area contributed by atoms with Crippen LogP contribution in [0, 0.1) is 0 Å². The van der Waals surface area contributed by atoms with Gasteiger partial charge in [0.1, 0.15) is 0 Å². The summed E-state index contributed by atoms with van der Waals surface area (Å²) in [7, 11) is 0. The zero-order chi connectivity index (χ0) is 5.98. The molecule has 0 amide bonds. The first-order chi connectivity index (χ1) is 3.84. The van der Waals surface area contributed by atoms with Crippen LogP contribution >= 0.6 is 23.4 Å². The first-order valence-corrected chi connectivity index (χ1v) is 4.44. The maximum absolute atomic E-state index is 5.90. The Hall–Kier alpha value is 0.600. The van der Waals surface area contributed by atoms with Crippen molar-refractivity contribution >= 4 is 23.4 Å². The summed E-state index contributed by atoms with van der Waals surface area (Å²) in [6.45, 7) is 2.06. The van der Waals surface area contributed by atoms with Crippen molar-refractivity contribution in [2.24, 2.45) is 0 Å². The molecule has 1 heterocycles. The molecule has 0 aliphatic carbocycles. The minimum atomic E-state index is 0.352. The normalized spacial score (nSPS) is 38.2. The molecule has 1 aliphatic rings. The Morgan fingerprint density at radius 2 is 2.38 bits per heavy atom. The third-order valence-corrected chi connectivity index (χ3v) is 3.10. The van der Waals surface area contributed by atoms with Gasteiger partial charge in [-0.25, -0.2) is 0 Å². The third kappa shape index (κ3) is 1.30. The van der Waals surface area contributed by atoms with Crippen molar-refractivity contribution in [3.05, 3.63) is 0 Å². The van der Waals surface area contributed by atoms with Crippen LogP contribution in [0.1, 0.15) is 0 Å². The van der Waals surface area contributed by atoms with Gasteiger partial charge in [0.25, 0.3) is 0 Å². The number of nitrogens with one attached hydrogen (secondary N) is 1. The molecule has 0 aromatic rings. The van der Waals surface area contributed by atoms with Crippen molar-refractivity contribution in [3.8, 4) is 0 Å². The van der Waals surface area contributed by atoms with E-state index < -0.39 is 0 Å². The Morgan fingerprint density at radius 1 is 1.62 bits per heavy atom. The minimum Gasteiger partial charge on any atom is -0.314 e. The molecule has 8 heavy (non-hydrogen) atoms. The lowest BCUT2D eigenvalue weighted by molar-refractivity contribution is 0.860. The quantitative estimate of drug-likeness (QED) is 0.560. The number of hydrogen-bond acceptors (Lipinski definition) is 2. The van der Waals surface area contributed by atoms with E-state index in [1.54, 1.807) is 0 Å². The molecule has 1 saturated heterocycles. The maximum atomic E-state index is 5.90. The molecule has 0 saturated carbocycles. The maximum Gasteiger partial charge on any atom is 0.0591 e. The second-order valence-electron chi connectivity index (χ2n) is 1.95. The van der Waals surface area contributed by atoms with Crippen LogP contribution in [0.3, 0.4) is 0 Å². The molecule has 0 unspecified atom stereocenters. The summed E-state index contributed by atoms with van der Waals surface area (Å²) in [5, 5.41) is 4.21. The summed E-state index contributed by atoms with van der Waals surface area (Å²) in [5.41, 5.74) is 0. The summed E-state index contributed by atoms with van der Waals surface area (Å²) < 4.78 is 0. The molecular weight excluding hydrogens is 142 g/mol. The fourth-order valence-electron chi connectivity index (χ4n) is 0.854. The summed E-state index contributed by atoms with van der Waals surface area (Å²) in [5.74, 6) is 0. The molecule has 0 aromatic carbocycles. The van der Waals surface area contributed by atoms with Crippen LogP contribution in [-0.4, -0.2) is 30.0 Å². The smallest absolute Gasteiger partial charge is 0.0591 e. The Labute approximate surface area is 59.2 Å². The van der Waals surface area contributed by atoms with Gasteiger partial charge in [-0.05, 0) is 6.26 Å². The second kappa shape index (κ2) is 2.95. The summed E-state index contributed by atoms with van der Waals surface area (Å²) in [6, 6.07) is 0. The van der Waals surface area contributed by atoms with Crippen molar-refractivity contribution < 1.29 is 0 Å². The Balaban J connectivity index is 2.30. The van der Waals surface area contributed by atoms with Gasteiger partial charge in [-0.15, -0.1) is 11.6 Å². The van der Waals surface area contributed by atoms with E-state index >= 15 is 0 Å². The number of thioether (sulfide) groups is 1. The second-order valence-corrected chi connectivity index (χ2v) is 3.59. The lowest BCUT2D eigenvalue weighted by Crippen LogP contribution is -2.13. The van der Waals surface area contributed by atoms with E-state index in [9.17, 15) is 0 Å². The zero-order valence-corrected chi connectivity index (χ0v) is 6.43. The van der Waals surface area contributed by atoms with Gasteiger partial charge in [-0.3, -0.25) is 0 Å². The zero-order valence-electron chi connectivity index (χ0n) is 4.86. The van der Waals surface area contributed by atoms with Crippen LogP contribution in [0.2, 0.25) is 0 Å². The Morgan fingerprint density at radius 3 is 2.62 bits per heavy atom. The monoisotopic (exact) mass is 151 g/mol. The van der Waals surface area contributed by atoms with Gasteiger partial charge in [0, 0.05) is 18.3 Å². The number of halogens is 1. The summed E-state index contributed by atoms with van der Waals surface area (Å²) in [4.78, 5) is 0. The van der Waals surface area contributed by atoms with E-state index in [0.717, 1.165) is 13.1 Å². The molecule has 0 aromatic heterocycles. The highest BCUT2D eigenvalue weighted by molar-refractivity contribution is 7.99. The van der Waals surface area contributed by atoms with E-state index in [1.165, 1.54) is 0 Å². The largest absolute Gasteiger partial charge is 0.314 e. The van der Waals surface area contributed by atoms with Crippen molar-refractivity contribution in [2.75, 3.05) is 19.3 Å². The van der Waals surface area contributed by atoms with Crippen LogP contribution < -0.4 is 5.32 Å². The molecule has 2 atom stereocenters. The van der Waals surface area contributed by atoms with Crippen molar-refractivity contribution in [3.63, 3.8) is 0 Å². The number of alkyl halides is 1. The van der Waals surface area contributed by atoms with Gasteiger partial charge >= 0.3 is 0 Å². The molecule has 1 N–H and O–H groups in total. The topological polar surface area (TPSA) is 12.0 Å². The van der Waals surface area contributed by atoms with E-state index in [0.29, 0.717) is 10.6 Å². The number of hydrogen-bond donors (Lipinski definition) is 1. The summed E-state index contributed by atoms with van der Waals surface area (Å²) in [6.07, 6.45) is 2.10. The van der Waals surface area contributed by atoms with Gasteiger partial charge in [-0.2, -0.15) is 11.8 Å². The van der Waals surface area contributed by atoms with Gasteiger partial charge < -0.3 is 5.32 Å². The first kappa shape index (κ1) is 6.72. The van der Waals surface area contributed by atoms with Gasteiger partial charge in [0.15, 0.2) is 0 Å². The summed E-state index contributed by atoms with van der Waals surface area (Å²) >= 11 is 7.74. The highest BCUT2D eigenvalue weighted by Crippen LogP contribution is 2.18. The van der Waals surface area contributed by atoms with Crippen LogP contribution in [-0.2, 0) is 0 Å². The van der Waals surface area contributed by atoms with E-state index in [-0.39, 0.29) is 0 Å². The molecular formula is C5H10ClNS. The average Bonchev–Trinajstić information content (AvgIpc) is 2.14. The van der Waals surface area contributed by atoms with E-state index in [4.69, 9.17) is 11.6 Å². The Kier molecular flexibility index (Phi) is 2.47. The highest BCUT2D eigenvalue weighted by Gasteiger charge is 2.23. The lowest BCUT2D eigenvalue weighted by atomic mass is 10.4. The van der Waals surface area contributed by atoms with Gasteiger partial charge in [-0.1, -0.05) is 0 Å². The third-order valence-electron chi connectivity index (χ3n) is 1.39. The molecule has 0 bridgehead atoms. The van der Waals surface area contributed by atoms with Crippen LogP contribution in [0.25, 0.3) is 0 Å². The van der Waals surface area contributed by atoms with Crippen molar-refractivity contribution in [2.45, 2.75) is 10.6 Å². The molecule has 0 radical (unpaired) electrons. The fraction of sp³-hybridized carbons (Fsp3) is 1.00. The number of rotatable bonds is 1. The van der Waals surface area contributed by atoms with E-state index in [1.807, 2.05) is 11.8 Å². The van der Waals surface area contributed by atoms with Crippen molar-refractivity contribution in [1.82, 2.24) is 5.32 Å². The lowest BCUT2D eigenvalue weighted by Gasteiger charge is -2.06. The molecule has 1 rings (SSSR count). The molecule has 3 heteroatoms. The molecule has 48 valence electrons. The fourth-order valence-corrected chi connectivity index (χ4v) is 2.04. The van der Waals surface area contributed by atoms with Gasteiger partial charge in [0.05, 0.1) is 5.38 Å². The molecule has 0 spiro atoms. The van der Waals surface area contributed by atoms with E-state index in [2.05, 4.69) is 11.6 Å². The van der Waals surface area contributed by atoms with Crippen molar-refractivity contribution in [1.29, 1.82) is 0 Å². The van der Waals surface area contributed by atoms with Gasteiger partial charge in [0.2, 0.25) is 0 Å². The SMILES string of the molecule is CS[C@@H]1CNC[C@@H]1Cl. The Bertz CT molecular complexity index is 78.8. The van der Waals surface area contributed by atoms with Crippen LogP contribution in [0.5, 0.6) is 0 Å². The molecule has 1 fully saturated rings. The van der Waals surface area contributed by atoms with Crippen LogP contribution in [0.4, 0.5) is 0 Å².